The fourth-order valence-corrected chi connectivity index (χ4v) is 7.63. The Morgan fingerprint density at radius 2 is 1.72 bits per heavy atom. The minimum absolute atomic E-state index is 0.0675. The van der Waals surface area contributed by atoms with E-state index in [1.165, 1.54) is 30.3 Å². The highest BCUT2D eigenvalue weighted by Crippen LogP contribution is 2.38. The summed E-state index contributed by atoms with van der Waals surface area (Å²) in [6.45, 7) is 1.48. The van der Waals surface area contributed by atoms with Crippen molar-refractivity contribution in [3.63, 3.8) is 0 Å². The van der Waals surface area contributed by atoms with Gasteiger partial charge in [0.1, 0.15) is 15.8 Å². The van der Waals surface area contributed by atoms with E-state index in [2.05, 4.69) is 4.72 Å². The number of rotatable bonds is 9. The van der Waals surface area contributed by atoms with Crippen LogP contribution in [0.5, 0.6) is 0 Å². The summed E-state index contributed by atoms with van der Waals surface area (Å²) in [7, 11) is -7.90. The Hall–Kier alpha value is -1.85. The van der Waals surface area contributed by atoms with Crippen LogP contribution in [-0.2, 0) is 19.9 Å². The van der Waals surface area contributed by atoms with Crippen molar-refractivity contribution in [2.45, 2.75) is 27.7 Å². The summed E-state index contributed by atoms with van der Waals surface area (Å²) in [4.78, 5) is -0.0958. The minimum Gasteiger partial charge on any atom is -0.223 e. The van der Waals surface area contributed by atoms with Gasteiger partial charge in [-0.15, -0.1) is 11.3 Å². The van der Waals surface area contributed by atoms with Gasteiger partial charge in [-0.2, -0.15) is 0 Å². The molecule has 1 aromatic heterocycles. The Bertz CT molecular complexity index is 1280. The Kier molecular flexibility index (Phi) is 7.72. The van der Waals surface area contributed by atoms with Crippen molar-refractivity contribution in [2.75, 3.05) is 6.54 Å². The zero-order valence-corrected chi connectivity index (χ0v) is 20.0. The van der Waals surface area contributed by atoms with Crippen LogP contribution < -0.4 is 4.72 Å². The quantitative estimate of drug-likeness (QED) is 0.421. The number of halogens is 3. The number of sulfone groups is 1. The van der Waals surface area contributed by atoms with Gasteiger partial charge in [-0.05, 0) is 66.2 Å². The maximum Gasteiger partial charge on any atom is 0.250 e. The zero-order chi connectivity index (χ0) is 23.5. The minimum atomic E-state index is -4.16. The molecule has 3 rings (SSSR count). The lowest BCUT2D eigenvalue weighted by atomic mass is 9.97. The van der Waals surface area contributed by atoms with Crippen molar-refractivity contribution in [3.05, 3.63) is 82.2 Å². The lowest BCUT2D eigenvalue weighted by molar-refractivity contribution is 0.465. The van der Waals surface area contributed by atoms with Crippen molar-refractivity contribution < 1.29 is 25.6 Å². The molecule has 0 aliphatic heterocycles. The van der Waals surface area contributed by atoms with Gasteiger partial charge in [0.25, 0.3) is 0 Å². The van der Waals surface area contributed by atoms with Gasteiger partial charge in [0, 0.05) is 17.1 Å². The van der Waals surface area contributed by atoms with Crippen LogP contribution in [0.25, 0.3) is 0 Å². The average Bonchev–Trinajstić information content (AvgIpc) is 3.27. The molecule has 1 heterocycles. The molecule has 0 bridgehead atoms. The fraction of sp³-hybridized carbons (Fsp3) is 0.238. The molecule has 5 nitrogen and oxygen atoms in total. The van der Waals surface area contributed by atoms with Gasteiger partial charge in [0.15, 0.2) is 9.84 Å². The van der Waals surface area contributed by atoms with E-state index in [1.807, 2.05) is 0 Å². The average molecular weight is 520 g/mol. The predicted octanol–water partition coefficient (Wildman–Crippen LogP) is 5.20. The second kappa shape index (κ2) is 9.96. The standard InChI is InChI=1S/C21H20ClF2NO4S3/c1-14(10-11-25-32(28,29)20-3-2-12-30-20)21(18-13-16(23)6-9-19(18)24)31(26,27)17-7-4-15(22)5-8-17/h2-9,12-14,21,25H,10-11H2,1H3. The highest BCUT2D eigenvalue weighted by molar-refractivity contribution is 7.92. The van der Waals surface area contributed by atoms with E-state index in [0.717, 1.165) is 29.5 Å². The van der Waals surface area contributed by atoms with Crippen LogP contribution >= 0.6 is 22.9 Å². The first kappa shape index (κ1) is 24.8. The molecule has 2 atom stereocenters. The largest absolute Gasteiger partial charge is 0.250 e. The van der Waals surface area contributed by atoms with Gasteiger partial charge < -0.3 is 0 Å². The molecular formula is C21H20ClF2NO4S3. The van der Waals surface area contributed by atoms with Crippen LogP contribution in [0.2, 0.25) is 5.02 Å². The highest BCUT2D eigenvalue weighted by Gasteiger charge is 2.36. The van der Waals surface area contributed by atoms with Crippen molar-refractivity contribution in [1.29, 1.82) is 0 Å². The van der Waals surface area contributed by atoms with Gasteiger partial charge in [-0.25, -0.2) is 30.3 Å². The normalized spacial score (nSPS) is 14.2. The molecule has 11 heteroatoms. The fourth-order valence-electron chi connectivity index (χ4n) is 3.34. The lowest BCUT2D eigenvalue weighted by Gasteiger charge is -2.25. The Balaban J connectivity index is 1.92. The summed E-state index contributed by atoms with van der Waals surface area (Å²) in [5, 5.41) is 0.512. The molecule has 0 fully saturated rings. The van der Waals surface area contributed by atoms with Crippen molar-refractivity contribution in [3.8, 4) is 0 Å². The second-order valence-electron chi connectivity index (χ2n) is 7.18. The predicted molar refractivity (Wildman–Crippen MR) is 121 cm³/mol. The van der Waals surface area contributed by atoms with Crippen molar-refractivity contribution >= 4 is 42.8 Å². The van der Waals surface area contributed by atoms with Crippen molar-refractivity contribution in [1.82, 2.24) is 4.72 Å². The monoisotopic (exact) mass is 519 g/mol. The van der Waals surface area contributed by atoms with Crippen LogP contribution in [0.3, 0.4) is 0 Å². The first-order valence-electron chi connectivity index (χ1n) is 9.50. The molecule has 0 aliphatic rings. The third-order valence-corrected chi connectivity index (χ3v) is 10.3. The summed E-state index contributed by atoms with van der Waals surface area (Å²) in [6.07, 6.45) is 0.0675. The van der Waals surface area contributed by atoms with E-state index in [1.54, 1.807) is 18.4 Å². The van der Waals surface area contributed by atoms with Gasteiger partial charge in [-0.3, -0.25) is 0 Å². The van der Waals surface area contributed by atoms with E-state index >= 15 is 0 Å². The molecule has 3 aromatic rings. The highest BCUT2D eigenvalue weighted by atomic mass is 35.5. The van der Waals surface area contributed by atoms with Crippen molar-refractivity contribution in [2.24, 2.45) is 5.92 Å². The number of hydrogen-bond donors (Lipinski definition) is 1. The SMILES string of the molecule is CC(CCNS(=O)(=O)c1cccs1)C(c1cc(F)ccc1F)S(=O)(=O)c1ccc(Cl)cc1. The van der Waals surface area contributed by atoms with Crippen LogP contribution in [0, 0.1) is 17.6 Å². The van der Waals surface area contributed by atoms with Crippen LogP contribution in [0.4, 0.5) is 8.78 Å². The number of sulfonamides is 1. The Labute approximate surface area is 195 Å². The smallest absolute Gasteiger partial charge is 0.223 e. The number of benzene rings is 2. The Morgan fingerprint density at radius 3 is 2.34 bits per heavy atom. The second-order valence-corrected chi connectivity index (χ2v) is 12.6. The number of hydrogen-bond acceptors (Lipinski definition) is 5. The van der Waals surface area contributed by atoms with Gasteiger partial charge >= 0.3 is 0 Å². The third-order valence-electron chi connectivity index (χ3n) is 4.91. The van der Waals surface area contributed by atoms with Crippen LogP contribution in [0.1, 0.15) is 24.2 Å². The lowest BCUT2D eigenvalue weighted by Crippen LogP contribution is -2.28. The van der Waals surface area contributed by atoms with E-state index in [9.17, 15) is 25.6 Å². The summed E-state index contributed by atoms with van der Waals surface area (Å²) in [6, 6.07) is 11.1. The maximum absolute atomic E-state index is 14.6. The molecule has 0 saturated heterocycles. The molecular weight excluding hydrogens is 500 g/mol. The molecule has 32 heavy (non-hydrogen) atoms. The van der Waals surface area contributed by atoms with Crippen LogP contribution in [0.15, 0.2) is 69.1 Å². The summed E-state index contributed by atoms with van der Waals surface area (Å²) < 4.78 is 82.6. The van der Waals surface area contributed by atoms with E-state index in [-0.39, 0.29) is 27.6 Å². The van der Waals surface area contributed by atoms with E-state index in [4.69, 9.17) is 11.6 Å². The molecule has 0 aliphatic carbocycles. The maximum atomic E-state index is 14.6. The molecule has 2 aromatic carbocycles. The van der Waals surface area contributed by atoms with Gasteiger partial charge in [0.05, 0.1) is 10.1 Å². The summed E-state index contributed by atoms with van der Waals surface area (Å²) in [5.74, 6) is -2.39. The molecule has 0 spiro atoms. The molecule has 2 unspecified atom stereocenters. The summed E-state index contributed by atoms with van der Waals surface area (Å²) >= 11 is 6.90. The molecule has 1 N–H and O–H groups in total. The first-order valence-corrected chi connectivity index (χ1v) is 13.8. The molecule has 172 valence electrons. The molecule has 0 radical (unpaired) electrons. The molecule has 0 saturated carbocycles. The van der Waals surface area contributed by atoms with Crippen LogP contribution in [-0.4, -0.2) is 23.4 Å². The first-order chi connectivity index (χ1) is 15.0. The van der Waals surface area contributed by atoms with E-state index < -0.39 is 42.7 Å². The van der Waals surface area contributed by atoms with Gasteiger partial charge in [0.2, 0.25) is 10.0 Å². The summed E-state index contributed by atoms with van der Waals surface area (Å²) in [5.41, 5.74) is -0.312. The molecule has 0 amide bonds. The van der Waals surface area contributed by atoms with Gasteiger partial charge in [-0.1, -0.05) is 24.6 Å². The zero-order valence-electron chi connectivity index (χ0n) is 16.8. The Morgan fingerprint density at radius 1 is 1.03 bits per heavy atom. The third kappa shape index (κ3) is 5.55. The number of thiophene rings is 1. The van der Waals surface area contributed by atoms with E-state index in [0.29, 0.717) is 5.02 Å². The number of nitrogens with one attached hydrogen (secondary N) is 1. The topological polar surface area (TPSA) is 80.3 Å².